The molecule has 134 valence electrons. The van der Waals surface area contributed by atoms with Gasteiger partial charge in [0.05, 0.1) is 22.3 Å². The summed E-state index contributed by atoms with van der Waals surface area (Å²) in [6, 6.07) is 5.90. The van der Waals surface area contributed by atoms with E-state index in [4.69, 9.17) is 0 Å². The normalized spacial score (nSPS) is 20.2. The molecule has 2 rings (SSSR count). The minimum Gasteiger partial charge on any atom is -0.326 e. The van der Waals surface area contributed by atoms with E-state index in [1.807, 2.05) is 0 Å². The van der Waals surface area contributed by atoms with Gasteiger partial charge in [0.2, 0.25) is 15.9 Å². The first-order valence-corrected chi connectivity index (χ1v) is 11.1. The van der Waals surface area contributed by atoms with Gasteiger partial charge in [-0.1, -0.05) is 13.8 Å². The standard InChI is InChI=1S/C15H22N2O5S2/c1-3-17(4-2)24(21,22)14-7-5-13(6-8-14)16-15(18)12-9-10-23(19,20)11-12/h5-8,12H,3-4,9-11H2,1-2H3,(H,16,18)/t12-/m0/s1. The quantitative estimate of drug-likeness (QED) is 0.803. The minimum atomic E-state index is -3.54. The van der Waals surface area contributed by atoms with Gasteiger partial charge in [0.15, 0.2) is 9.84 Å². The number of carbonyl (C=O) groups is 1. The summed E-state index contributed by atoms with van der Waals surface area (Å²) in [4.78, 5) is 12.2. The molecular formula is C15H22N2O5S2. The summed E-state index contributed by atoms with van der Waals surface area (Å²) in [7, 11) is -6.66. The molecule has 0 unspecified atom stereocenters. The van der Waals surface area contributed by atoms with Crippen LogP contribution in [0.2, 0.25) is 0 Å². The number of amides is 1. The van der Waals surface area contributed by atoms with Crippen molar-refractivity contribution in [2.45, 2.75) is 25.2 Å². The maximum atomic E-state index is 12.4. The minimum absolute atomic E-state index is 0.0339. The van der Waals surface area contributed by atoms with E-state index in [1.54, 1.807) is 13.8 Å². The molecule has 1 fully saturated rings. The van der Waals surface area contributed by atoms with E-state index in [9.17, 15) is 21.6 Å². The van der Waals surface area contributed by atoms with Gasteiger partial charge < -0.3 is 5.32 Å². The number of nitrogens with one attached hydrogen (secondary N) is 1. The Hall–Kier alpha value is -1.45. The predicted octanol–water partition coefficient (Wildman–Crippen LogP) is 1.09. The smallest absolute Gasteiger partial charge is 0.243 e. The summed E-state index contributed by atoms with van der Waals surface area (Å²) in [6.45, 7) is 4.30. The molecule has 1 aliphatic rings. The van der Waals surface area contributed by atoms with E-state index in [0.29, 0.717) is 25.2 Å². The second-order valence-corrected chi connectivity index (χ2v) is 9.87. The Morgan fingerprint density at radius 2 is 1.79 bits per heavy atom. The second-order valence-electron chi connectivity index (χ2n) is 5.70. The van der Waals surface area contributed by atoms with E-state index in [-0.39, 0.29) is 22.3 Å². The van der Waals surface area contributed by atoms with Gasteiger partial charge in [0.1, 0.15) is 0 Å². The second kappa shape index (κ2) is 7.20. The summed E-state index contributed by atoms with van der Waals surface area (Å²) in [6.07, 6.45) is 0.322. The fourth-order valence-corrected chi connectivity index (χ4v) is 5.87. The van der Waals surface area contributed by atoms with Crippen molar-refractivity contribution < 1.29 is 21.6 Å². The van der Waals surface area contributed by atoms with Crippen molar-refractivity contribution in [3.8, 4) is 0 Å². The number of rotatable bonds is 6. The molecule has 1 amide bonds. The number of hydrogen-bond acceptors (Lipinski definition) is 5. The summed E-state index contributed by atoms with van der Waals surface area (Å²) in [5, 5.41) is 2.65. The van der Waals surface area contributed by atoms with Gasteiger partial charge in [-0.2, -0.15) is 4.31 Å². The molecule has 0 saturated carbocycles. The topological polar surface area (TPSA) is 101 Å². The van der Waals surface area contributed by atoms with E-state index >= 15 is 0 Å². The molecular weight excluding hydrogens is 352 g/mol. The number of carbonyl (C=O) groups excluding carboxylic acids is 1. The maximum absolute atomic E-state index is 12.4. The SMILES string of the molecule is CCN(CC)S(=O)(=O)c1ccc(NC(=O)[C@H]2CCS(=O)(=O)C2)cc1. The van der Waals surface area contributed by atoms with Crippen molar-refractivity contribution in [2.75, 3.05) is 29.9 Å². The fraction of sp³-hybridized carbons (Fsp3) is 0.533. The van der Waals surface area contributed by atoms with E-state index in [2.05, 4.69) is 5.32 Å². The van der Waals surface area contributed by atoms with Gasteiger partial charge >= 0.3 is 0 Å². The molecule has 9 heteroatoms. The molecule has 1 atom stereocenters. The van der Waals surface area contributed by atoms with Crippen LogP contribution in [-0.4, -0.2) is 51.6 Å². The predicted molar refractivity (Wildman–Crippen MR) is 91.9 cm³/mol. The van der Waals surface area contributed by atoms with Crippen molar-refractivity contribution in [3.63, 3.8) is 0 Å². The Bertz CT molecular complexity index is 797. The highest BCUT2D eigenvalue weighted by atomic mass is 32.2. The number of benzene rings is 1. The molecule has 0 bridgehead atoms. The molecule has 0 aliphatic carbocycles. The molecule has 7 nitrogen and oxygen atoms in total. The molecule has 1 saturated heterocycles. The lowest BCUT2D eigenvalue weighted by molar-refractivity contribution is -0.119. The molecule has 1 N–H and O–H groups in total. The van der Waals surface area contributed by atoms with Gasteiger partial charge in [-0.05, 0) is 30.7 Å². The molecule has 0 radical (unpaired) electrons. The number of sulfone groups is 1. The van der Waals surface area contributed by atoms with Crippen molar-refractivity contribution in [3.05, 3.63) is 24.3 Å². The highest BCUT2D eigenvalue weighted by Gasteiger charge is 2.33. The molecule has 1 aromatic rings. The molecule has 0 spiro atoms. The van der Waals surface area contributed by atoms with Gasteiger partial charge in [-0.25, -0.2) is 16.8 Å². The number of sulfonamides is 1. The fourth-order valence-electron chi connectivity index (χ4n) is 2.67. The first kappa shape index (κ1) is 18.9. The Balaban J connectivity index is 2.09. The Morgan fingerprint density at radius 1 is 1.21 bits per heavy atom. The van der Waals surface area contributed by atoms with Crippen LogP contribution in [0.1, 0.15) is 20.3 Å². The monoisotopic (exact) mass is 374 g/mol. The number of anilines is 1. The molecule has 0 aromatic heterocycles. The van der Waals surface area contributed by atoms with Gasteiger partial charge in [-0.15, -0.1) is 0 Å². The summed E-state index contributed by atoms with van der Waals surface area (Å²) in [5.74, 6) is -0.996. The summed E-state index contributed by atoms with van der Waals surface area (Å²) < 4.78 is 49.0. The zero-order chi connectivity index (χ0) is 18.0. The highest BCUT2D eigenvalue weighted by Crippen LogP contribution is 2.22. The Kier molecular flexibility index (Phi) is 5.67. The van der Waals surface area contributed by atoms with Crippen LogP contribution in [0.25, 0.3) is 0 Å². The number of nitrogens with zero attached hydrogens (tertiary/aromatic N) is 1. The lowest BCUT2D eigenvalue weighted by atomic mass is 10.1. The van der Waals surface area contributed by atoms with Crippen LogP contribution in [0, 0.1) is 5.92 Å². The molecule has 24 heavy (non-hydrogen) atoms. The van der Waals surface area contributed by atoms with Gasteiger partial charge in [0.25, 0.3) is 0 Å². The Labute approximate surface area is 143 Å². The largest absolute Gasteiger partial charge is 0.326 e. The van der Waals surface area contributed by atoms with Crippen molar-refractivity contribution in [1.29, 1.82) is 0 Å². The summed E-state index contributed by atoms with van der Waals surface area (Å²) in [5.41, 5.74) is 0.447. The van der Waals surface area contributed by atoms with Crippen molar-refractivity contribution in [2.24, 2.45) is 5.92 Å². The molecule has 1 aliphatic heterocycles. The third kappa shape index (κ3) is 4.14. The average molecular weight is 374 g/mol. The van der Waals surface area contributed by atoms with Crippen LogP contribution in [0.4, 0.5) is 5.69 Å². The van der Waals surface area contributed by atoms with Crippen LogP contribution in [0.15, 0.2) is 29.2 Å². The molecule has 1 aromatic carbocycles. The van der Waals surface area contributed by atoms with E-state index in [0.717, 1.165) is 0 Å². The highest BCUT2D eigenvalue weighted by molar-refractivity contribution is 7.91. The third-order valence-electron chi connectivity index (χ3n) is 4.07. The zero-order valence-electron chi connectivity index (χ0n) is 13.7. The van der Waals surface area contributed by atoms with Crippen LogP contribution in [0.3, 0.4) is 0 Å². The Morgan fingerprint density at radius 3 is 2.25 bits per heavy atom. The van der Waals surface area contributed by atoms with Crippen molar-refractivity contribution >= 4 is 31.5 Å². The van der Waals surface area contributed by atoms with Crippen molar-refractivity contribution in [1.82, 2.24) is 4.31 Å². The first-order chi connectivity index (χ1) is 11.2. The van der Waals surface area contributed by atoms with E-state index < -0.39 is 25.8 Å². The van der Waals surface area contributed by atoms with Crippen LogP contribution >= 0.6 is 0 Å². The van der Waals surface area contributed by atoms with Gasteiger partial charge in [-0.3, -0.25) is 4.79 Å². The lowest BCUT2D eigenvalue weighted by Gasteiger charge is -2.18. The first-order valence-electron chi connectivity index (χ1n) is 7.81. The van der Waals surface area contributed by atoms with Crippen LogP contribution in [-0.2, 0) is 24.7 Å². The number of hydrogen-bond donors (Lipinski definition) is 1. The average Bonchev–Trinajstić information content (AvgIpc) is 2.89. The zero-order valence-corrected chi connectivity index (χ0v) is 15.4. The third-order valence-corrected chi connectivity index (χ3v) is 7.90. The maximum Gasteiger partial charge on any atom is 0.243 e. The molecule has 1 heterocycles. The van der Waals surface area contributed by atoms with Crippen LogP contribution < -0.4 is 5.32 Å². The summed E-state index contributed by atoms with van der Waals surface area (Å²) >= 11 is 0. The van der Waals surface area contributed by atoms with E-state index in [1.165, 1.54) is 28.6 Å². The van der Waals surface area contributed by atoms with Crippen LogP contribution in [0.5, 0.6) is 0 Å². The lowest BCUT2D eigenvalue weighted by Crippen LogP contribution is -2.30. The van der Waals surface area contributed by atoms with Gasteiger partial charge in [0, 0.05) is 18.8 Å².